The first-order valence-electron chi connectivity index (χ1n) is 5.06. The quantitative estimate of drug-likeness (QED) is 0.524. The molecule has 0 bridgehead atoms. The van der Waals surface area contributed by atoms with Crippen molar-refractivity contribution in [2.24, 2.45) is 0 Å². The highest BCUT2D eigenvalue weighted by Gasteiger charge is 2.08. The fraction of sp³-hybridized carbons (Fsp3) is 0.667. The highest BCUT2D eigenvalue weighted by Crippen LogP contribution is 2.07. The summed E-state index contributed by atoms with van der Waals surface area (Å²) in [5, 5.41) is 14.3. The average molecular weight is 212 g/mol. The van der Waals surface area contributed by atoms with Crippen LogP contribution in [0.1, 0.15) is 13.8 Å². The van der Waals surface area contributed by atoms with Crippen molar-refractivity contribution in [3.05, 3.63) is 22.5 Å². The molecular weight excluding hydrogens is 196 g/mol. The van der Waals surface area contributed by atoms with Crippen molar-refractivity contribution in [1.29, 1.82) is 0 Å². The first-order valence-corrected chi connectivity index (χ1v) is 5.06. The average Bonchev–Trinajstić information content (AvgIpc) is 2.68. The molecule has 0 amide bonds. The molecule has 0 aliphatic carbocycles. The summed E-state index contributed by atoms with van der Waals surface area (Å²) in [6.45, 7) is 7.71. The zero-order valence-electron chi connectivity index (χ0n) is 9.09. The third-order valence-corrected chi connectivity index (χ3v) is 2.37. The molecule has 0 atom stereocenters. The molecule has 0 aliphatic rings. The first-order chi connectivity index (χ1) is 7.17. The second-order valence-electron chi connectivity index (χ2n) is 3.25. The molecule has 1 aromatic rings. The number of hydrogen-bond acceptors (Lipinski definition) is 4. The lowest BCUT2D eigenvalue weighted by Gasteiger charge is -2.17. The van der Waals surface area contributed by atoms with Gasteiger partial charge < -0.3 is 4.90 Å². The topological polar surface area (TPSA) is 64.2 Å². The van der Waals surface area contributed by atoms with Crippen LogP contribution in [-0.4, -0.2) is 39.2 Å². The second kappa shape index (κ2) is 5.45. The van der Waals surface area contributed by atoms with Gasteiger partial charge in [-0.15, -0.1) is 0 Å². The summed E-state index contributed by atoms with van der Waals surface area (Å²) in [5.41, 5.74) is 0.0505. The molecule has 1 rings (SSSR count). The Balaban J connectivity index is 2.47. The number of rotatable bonds is 6. The Labute approximate surface area is 88.6 Å². The molecule has 84 valence electrons. The van der Waals surface area contributed by atoms with E-state index in [1.165, 1.54) is 12.4 Å². The maximum absolute atomic E-state index is 10.4. The number of hydrogen-bond donors (Lipinski definition) is 0. The Morgan fingerprint density at radius 3 is 2.67 bits per heavy atom. The Morgan fingerprint density at radius 1 is 1.53 bits per heavy atom. The van der Waals surface area contributed by atoms with Gasteiger partial charge in [0.1, 0.15) is 12.4 Å². The van der Waals surface area contributed by atoms with Gasteiger partial charge in [-0.05, 0) is 13.1 Å². The zero-order valence-corrected chi connectivity index (χ0v) is 9.09. The van der Waals surface area contributed by atoms with Gasteiger partial charge in [-0.2, -0.15) is 5.10 Å². The maximum Gasteiger partial charge on any atom is 0.306 e. The van der Waals surface area contributed by atoms with Crippen LogP contribution < -0.4 is 0 Å². The molecule has 15 heavy (non-hydrogen) atoms. The van der Waals surface area contributed by atoms with Crippen LogP contribution in [0, 0.1) is 10.1 Å². The molecule has 0 unspecified atom stereocenters. The van der Waals surface area contributed by atoms with Gasteiger partial charge in [-0.3, -0.25) is 14.8 Å². The Kier molecular flexibility index (Phi) is 4.23. The van der Waals surface area contributed by atoms with E-state index in [1.54, 1.807) is 4.68 Å². The lowest BCUT2D eigenvalue weighted by molar-refractivity contribution is -0.385. The molecule has 0 saturated heterocycles. The van der Waals surface area contributed by atoms with Crippen LogP contribution in [0.15, 0.2) is 12.4 Å². The third kappa shape index (κ3) is 3.32. The molecule has 0 fully saturated rings. The minimum absolute atomic E-state index is 0.0505. The Hall–Kier alpha value is -1.43. The first kappa shape index (κ1) is 11.6. The van der Waals surface area contributed by atoms with Crippen molar-refractivity contribution in [2.45, 2.75) is 20.4 Å². The van der Waals surface area contributed by atoms with Crippen LogP contribution >= 0.6 is 0 Å². The molecule has 0 aliphatic heterocycles. The summed E-state index contributed by atoms with van der Waals surface area (Å²) in [6.07, 6.45) is 2.74. The van der Waals surface area contributed by atoms with Crippen molar-refractivity contribution < 1.29 is 4.92 Å². The Morgan fingerprint density at radius 2 is 2.20 bits per heavy atom. The molecule has 0 radical (unpaired) electrons. The van der Waals surface area contributed by atoms with Gasteiger partial charge in [0, 0.05) is 6.54 Å². The highest BCUT2D eigenvalue weighted by molar-refractivity contribution is 5.20. The lowest BCUT2D eigenvalue weighted by Crippen LogP contribution is -2.27. The molecule has 0 saturated carbocycles. The largest absolute Gasteiger partial charge is 0.306 e. The van der Waals surface area contributed by atoms with Crippen molar-refractivity contribution in [2.75, 3.05) is 19.6 Å². The van der Waals surface area contributed by atoms with Crippen LogP contribution in [0.4, 0.5) is 5.69 Å². The SMILES string of the molecule is CCN(CC)CCn1cc([N+](=O)[O-])cn1. The number of aromatic nitrogens is 2. The molecule has 1 heterocycles. The van der Waals surface area contributed by atoms with Crippen LogP contribution in [0.5, 0.6) is 0 Å². The van der Waals surface area contributed by atoms with E-state index in [-0.39, 0.29) is 5.69 Å². The predicted molar refractivity (Wildman–Crippen MR) is 56.7 cm³/mol. The highest BCUT2D eigenvalue weighted by atomic mass is 16.6. The summed E-state index contributed by atoms with van der Waals surface area (Å²) >= 11 is 0. The van der Waals surface area contributed by atoms with Gasteiger partial charge in [0.2, 0.25) is 0 Å². The van der Waals surface area contributed by atoms with Crippen molar-refractivity contribution >= 4 is 5.69 Å². The van der Waals surface area contributed by atoms with Gasteiger partial charge in [-0.25, -0.2) is 0 Å². The second-order valence-corrected chi connectivity index (χ2v) is 3.25. The minimum Gasteiger partial charge on any atom is -0.302 e. The van der Waals surface area contributed by atoms with E-state index in [9.17, 15) is 10.1 Å². The van der Waals surface area contributed by atoms with Gasteiger partial charge in [-0.1, -0.05) is 13.8 Å². The summed E-state index contributed by atoms with van der Waals surface area (Å²) in [6, 6.07) is 0. The van der Waals surface area contributed by atoms with Gasteiger partial charge in [0.15, 0.2) is 0 Å². The molecule has 1 aromatic heterocycles. The molecule has 0 N–H and O–H groups in total. The smallest absolute Gasteiger partial charge is 0.302 e. The van der Waals surface area contributed by atoms with Crippen LogP contribution in [0.3, 0.4) is 0 Å². The molecular formula is C9H16N4O2. The van der Waals surface area contributed by atoms with E-state index in [0.717, 1.165) is 19.6 Å². The van der Waals surface area contributed by atoms with Crippen molar-refractivity contribution in [3.63, 3.8) is 0 Å². The fourth-order valence-corrected chi connectivity index (χ4v) is 1.35. The molecule has 0 spiro atoms. The maximum atomic E-state index is 10.4. The molecule has 0 aromatic carbocycles. The predicted octanol–water partition coefficient (Wildman–Crippen LogP) is 1.13. The van der Waals surface area contributed by atoms with Gasteiger partial charge in [0.05, 0.1) is 11.5 Å². The lowest BCUT2D eigenvalue weighted by atomic mass is 10.4. The summed E-state index contributed by atoms with van der Waals surface area (Å²) in [4.78, 5) is 12.2. The standard InChI is InChI=1S/C9H16N4O2/c1-3-11(4-2)5-6-12-8-9(7-10-12)13(14)15/h7-8H,3-6H2,1-2H3. The van der Waals surface area contributed by atoms with Gasteiger partial charge in [0.25, 0.3) is 0 Å². The minimum atomic E-state index is -0.430. The van der Waals surface area contributed by atoms with Crippen LogP contribution in [0.25, 0.3) is 0 Å². The summed E-state index contributed by atoms with van der Waals surface area (Å²) in [5.74, 6) is 0. The normalized spacial score (nSPS) is 10.9. The Bertz CT molecular complexity index is 320. The van der Waals surface area contributed by atoms with Crippen molar-refractivity contribution in [1.82, 2.24) is 14.7 Å². The van der Waals surface area contributed by atoms with Gasteiger partial charge >= 0.3 is 5.69 Å². The van der Waals surface area contributed by atoms with E-state index < -0.39 is 4.92 Å². The van der Waals surface area contributed by atoms with E-state index in [0.29, 0.717) is 6.54 Å². The third-order valence-electron chi connectivity index (χ3n) is 2.37. The summed E-state index contributed by atoms with van der Waals surface area (Å²) in [7, 11) is 0. The van der Waals surface area contributed by atoms with E-state index in [4.69, 9.17) is 0 Å². The van der Waals surface area contributed by atoms with Crippen molar-refractivity contribution in [3.8, 4) is 0 Å². The summed E-state index contributed by atoms with van der Waals surface area (Å²) < 4.78 is 1.61. The molecule has 6 heteroatoms. The zero-order chi connectivity index (χ0) is 11.3. The van der Waals surface area contributed by atoms with E-state index in [2.05, 4.69) is 23.8 Å². The number of nitro groups is 1. The number of likely N-dealkylation sites (N-methyl/N-ethyl adjacent to an activating group) is 1. The van der Waals surface area contributed by atoms with E-state index >= 15 is 0 Å². The van der Waals surface area contributed by atoms with Crippen LogP contribution in [-0.2, 0) is 6.54 Å². The van der Waals surface area contributed by atoms with Crippen LogP contribution in [0.2, 0.25) is 0 Å². The molecule has 6 nitrogen and oxygen atoms in total. The number of nitrogens with zero attached hydrogens (tertiary/aromatic N) is 4. The monoisotopic (exact) mass is 212 g/mol. The van der Waals surface area contributed by atoms with E-state index in [1.807, 2.05) is 0 Å². The fourth-order valence-electron chi connectivity index (χ4n) is 1.35.